The number of rotatable bonds is 3. The fraction of sp³-hybridized carbons (Fsp3) is 0.944. The van der Waals surface area contributed by atoms with Crippen molar-refractivity contribution in [2.75, 3.05) is 0 Å². The van der Waals surface area contributed by atoms with E-state index in [4.69, 9.17) is 4.74 Å². The van der Waals surface area contributed by atoms with Gasteiger partial charge < -0.3 is 4.74 Å². The van der Waals surface area contributed by atoms with Crippen LogP contribution in [0.15, 0.2) is 0 Å². The summed E-state index contributed by atoms with van der Waals surface area (Å²) >= 11 is 0. The van der Waals surface area contributed by atoms with E-state index in [0.29, 0.717) is 29.6 Å². The van der Waals surface area contributed by atoms with Crippen molar-refractivity contribution in [3.8, 4) is 0 Å². The zero-order chi connectivity index (χ0) is 14.3. The zero-order valence-corrected chi connectivity index (χ0v) is 13.3. The third kappa shape index (κ3) is 2.76. The molecule has 0 amide bonds. The van der Waals surface area contributed by atoms with Crippen LogP contribution in [0.25, 0.3) is 0 Å². The smallest absolute Gasteiger partial charge is 0.309 e. The second-order valence-electron chi connectivity index (χ2n) is 7.94. The first-order chi connectivity index (χ1) is 9.58. The van der Waals surface area contributed by atoms with Crippen LogP contribution in [-0.4, -0.2) is 12.1 Å². The summed E-state index contributed by atoms with van der Waals surface area (Å²) in [6.07, 6.45) is 8.96. The molecule has 5 unspecified atom stereocenters. The predicted octanol–water partition coefficient (Wildman–Crippen LogP) is 4.43. The third-order valence-electron chi connectivity index (χ3n) is 6.16. The normalized spacial score (nSPS) is 44.0. The Labute approximate surface area is 123 Å². The van der Waals surface area contributed by atoms with E-state index in [2.05, 4.69) is 20.8 Å². The van der Waals surface area contributed by atoms with Gasteiger partial charge in [-0.25, -0.2) is 0 Å². The highest BCUT2D eigenvalue weighted by atomic mass is 16.5. The molecule has 0 aromatic heterocycles. The Morgan fingerprint density at radius 2 is 1.70 bits per heavy atom. The van der Waals surface area contributed by atoms with Crippen LogP contribution >= 0.6 is 0 Å². The second-order valence-corrected chi connectivity index (χ2v) is 7.94. The molecule has 0 N–H and O–H groups in total. The van der Waals surface area contributed by atoms with Gasteiger partial charge >= 0.3 is 5.97 Å². The molecule has 3 aliphatic rings. The molecule has 2 nitrogen and oxygen atoms in total. The van der Waals surface area contributed by atoms with Crippen LogP contribution < -0.4 is 0 Å². The quantitative estimate of drug-likeness (QED) is 0.714. The molecule has 0 spiro atoms. The average molecular weight is 278 g/mol. The summed E-state index contributed by atoms with van der Waals surface area (Å²) in [5.41, 5.74) is 0. The van der Waals surface area contributed by atoms with Crippen LogP contribution in [0.3, 0.4) is 0 Å². The Morgan fingerprint density at radius 3 is 2.30 bits per heavy atom. The summed E-state index contributed by atoms with van der Waals surface area (Å²) in [6, 6.07) is 0. The maximum Gasteiger partial charge on any atom is 0.309 e. The summed E-state index contributed by atoms with van der Waals surface area (Å²) in [4.78, 5) is 12.5. The van der Waals surface area contributed by atoms with E-state index in [0.717, 1.165) is 6.42 Å². The molecule has 0 bridgehead atoms. The van der Waals surface area contributed by atoms with Crippen LogP contribution in [0.1, 0.15) is 65.7 Å². The highest BCUT2D eigenvalue weighted by Gasteiger charge is 2.56. The van der Waals surface area contributed by atoms with Gasteiger partial charge in [-0.05, 0) is 55.3 Å². The number of carbonyl (C=O) groups excluding carboxylic acids is 1. The first-order valence-electron chi connectivity index (χ1n) is 8.78. The second kappa shape index (κ2) is 5.69. The summed E-state index contributed by atoms with van der Waals surface area (Å²) in [5, 5.41) is 0. The van der Waals surface area contributed by atoms with Crippen LogP contribution in [0, 0.1) is 35.5 Å². The number of fused-ring (bicyclic) bond motifs is 1. The molecule has 114 valence electrons. The highest BCUT2D eigenvalue weighted by molar-refractivity contribution is 5.76. The van der Waals surface area contributed by atoms with E-state index >= 15 is 0 Å². The largest absolute Gasteiger partial charge is 0.462 e. The van der Waals surface area contributed by atoms with Gasteiger partial charge in [-0.15, -0.1) is 0 Å². The summed E-state index contributed by atoms with van der Waals surface area (Å²) in [5.74, 6) is 3.68. The van der Waals surface area contributed by atoms with Gasteiger partial charge in [-0.2, -0.15) is 0 Å². The van der Waals surface area contributed by atoms with Gasteiger partial charge in [0.2, 0.25) is 0 Å². The Bertz CT molecular complexity index is 350. The molecule has 0 aromatic carbocycles. The summed E-state index contributed by atoms with van der Waals surface area (Å²) in [7, 11) is 0. The van der Waals surface area contributed by atoms with Crippen molar-refractivity contribution in [2.45, 2.75) is 71.8 Å². The van der Waals surface area contributed by atoms with Crippen molar-refractivity contribution in [2.24, 2.45) is 35.5 Å². The number of hydrogen-bond acceptors (Lipinski definition) is 2. The Kier molecular flexibility index (Phi) is 4.10. The SMILES string of the molecule is CC1CCC(C(C)C)C(OC(=O)C2C3CCCCC32)C1. The number of ether oxygens (including phenoxy) is 1. The van der Waals surface area contributed by atoms with Crippen molar-refractivity contribution < 1.29 is 9.53 Å². The summed E-state index contributed by atoms with van der Waals surface area (Å²) in [6.45, 7) is 6.85. The maximum absolute atomic E-state index is 12.5. The lowest BCUT2D eigenvalue weighted by molar-refractivity contribution is -0.158. The lowest BCUT2D eigenvalue weighted by Gasteiger charge is -2.36. The Morgan fingerprint density at radius 1 is 1.05 bits per heavy atom. The molecular weight excluding hydrogens is 248 g/mol. The fourth-order valence-electron chi connectivity index (χ4n) is 4.82. The summed E-state index contributed by atoms with van der Waals surface area (Å²) < 4.78 is 6.01. The number of hydrogen-bond donors (Lipinski definition) is 0. The fourth-order valence-corrected chi connectivity index (χ4v) is 4.82. The van der Waals surface area contributed by atoms with Crippen LogP contribution in [0.5, 0.6) is 0 Å². The van der Waals surface area contributed by atoms with Crippen LogP contribution in [0.2, 0.25) is 0 Å². The van der Waals surface area contributed by atoms with Crippen LogP contribution in [0.4, 0.5) is 0 Å². The highest BCUT2D eigenvalue weighted by Crippen LogP contribution is 2.56. The van der Waals surface area contributed by atoms with Gasteiger partial charge in [0.1, 0.15) is 6.10 Å². The molecule has 3 rings (SSSR count). The van der Waals surface area contributed by atoms with E-state index in [1.165, 1.54) is 38.5 Å². The third-order valence-corrected chi connectivity index (χ3v) is 6.16. The first-order valence-corrected chi connectivity index (χ1v) is 8.78. The minimum absolute atomic E-state index is 0.145. The van der Waals surface area contributed by atoms with Gasteiger partial charge in [0, 0.05) is 0 Å². The molecule has 0 saturated heterocycles. The molecule has 0 radical (unpaired) electrons. The van der Waals surface area contributed by atoms with Gasteiger partial charge in [0.15, 0.2) is 0 Å². The molecule has 3 saturated carbocycles. The van der Waals surface area contributed by atoms with Crippen molar-refractivity contribution >= 4 is 5.97 Å². The van der Waals surface area contributed by atoms with Gasteiger partial charge in [0.05, 0.1) is 5.92 Å². The standard InChI is InChI=1S/C18H30O2/c1-11(2)13-9-8-12(3)10-16(13)20-18(19)17-14-6-4-5-7-15(14)17/h11-17H,4-10H2,1-3H3. The molecule has 0 aliphatic heterocycles. The molecule has 0 heterocycles. The minimum Gasteiger partial charge on any atom is -0.462 e. The van der Waals surface area contributed by atoms with Crippen LogP contribution in [-0.2, 0) is 9.53 Å². The lowest BCUT2D eigenvalue weighted by atomic mass is 9.75. The maximum atomic E-state index is 12.5. The molecule has 3 aliphatic carbocycles. The van der Waals surface area contributed by atoms with E-state index in [9.17, 15) is 4.79 Å². The molecule has 2 heteroatoms. The molecule has 0 aromatic rings. The first kappa shape index (κ1) is 14.4. The lowest BCUT2D eigenvalue weighted by Crippen LogP contribution is -2.36. The zero-order valence-electron chi connectivity index (χ0n) is 13.3. The molecular formula is C18H30O2. The predicted molar refractivity (Wildman–Crippen MR) is 80.2 cm³/mol. The van der Waals surface area contributed by atoms with E-state index in [1.54, 1.807) is 0 Å². The Hall–Kier alpha value is -0.530. The minimum atomic E-state index is 0.145. The van der Waals surface area contributed by atoms with Gasteiger partial charge in [0.25, 0.3) is 0 Å². The van der Waals surface area contributed by atoms with E-state index < -0.39 is 0 Å². The molecule has 5 atom stereocenters. The number of esters is 1. The molecule has 3 fully saturated rings. The number of carbonyl (C=O) groups is 1. The molecule has 20 heavy (non-hydrogen) atoms. The van der Waals surface area contributed by atoms with Crippen molar-refractivity contribution in [1.29, 1.82) is 0 Å². The van der Waals surface area contributed by atoms with Gasteiger partial charge in [-0.1, -0.05) is 40.0 Å². The van der Waals surface area contributed by atoms with Crippen molar-refractivity contribution in [3.63, 3.8) is 0 Å². The topological polar surface area (TPSA) is 26.3 Å². The Balaban J connectivity index is 1.59. The average Bonchev–Trinajstić information content (AvgIpc) is 3.12. The van der Waals surface area contributed by atoms with Crippen molar-refractivity contribution in [1.82, 2.24) is 0 Å². The van der Waals surface area contributed by atoms with Gasteiger partial charge in [-0.3, -0.25) is 4.79 Å². The van der Waals surface area contributed by atoms with E-state index in [1.807, 2.05) is 0 Å². The monoisotopic (exact) mass is 278 g/mol. The van der Waals surface area contributed by atoms with E-state index in [-0.39, 0.29) is 18.0 Å². The van der Waals surface area contributed by atoms with Crippen molar-refractivity contribution in [3.05, 3.63) is 0 Å².